The minimum Gasteiger partial charge on any atom is -0.493 e. The largest absolute Gasteiger partial charge is 0.493 e. The fraction of sp³-hybridized carbons (Fsp3) is 0.143. The molecule has 0 bridgehead atoms. The number of aromatic nitrogens is 3. The maximum atomic E-state index is 12.5. The molecule has 4 aromatic rings. The summed E-state index contributed by atoms with van der Waals surface area (Å²) < 4.78 is 16.0. The molecule has 0 unspecified atom stereocenters. The zero-order valence-corrected chi connectivity index (χ0v) is 15.5. The molecule has 4 rings (SSSR count). The van der Waals surface area contributed by atoms with E-state index < -0.39 is 5.97 Å². The zero-order chi connectivity index (χ0) is 20.2. The Balaban J connectivity index is 1.53. The molecular weight excluding hydrogens is 374 g/mol. The molecule has 0 spiro atoms. The van der Waals surface area contributed by atoms with Gasteiger partial charge in [0.25, 0.3) is 5.89 Å². The highest BCUT2D eigenvalue weighted by atomic mass is 16.6. The lowest BCUT2D eigenvalue weighted by molar-refractivity contribution is 0.0432. The van der Waals surface area contributed by atoms with Gasteiger partial charge >= 0.3 is 5.97 Å². The first kappa shape index (κ1) is 18.4. The Hall–Kier alpha value is -3.94. The van der Waals surface area contributed by atoms with Gasteiger partial charge in [0, 0.05) is 17.0 Å². The topological polar surface area (TPSA) is 107 Å². The number of rotatable bonds is 6. The molecule has 0 aliphatic heterocycles. The van der Waals surface area contributed by atoms with Gasteiger partial charge in [0.2, 0.25) is 11.4 Å². The van der Waals surface area contributed by atoms with Crippen LogP contribution >= 0.6 is 0 Å². The van der Waals surface area contributed by atoms with E-state index in [1.165, 1.54) is 6.07 Å². The number of benzene rings is 2. The Morgan fingerprint density at radius 2 is 1.93 bits per heavy atom. The summed E-state index contributed by atoms with van der Waals surface area (Å²) in [6.45, 7) is 2.17. The van der Waals surface area contributed by atoms with Crippen LogP contribution in [-0.4, -0.2) is 27.7 Å². The number of fused-ring (bicyclic) bond motifs is 1. The van der Waals surface area contributed by atoms with Crippen molar-refractivity contribution < 1.29 is 18.8 Å². The molecule has 0 radical (unpaired) electrons. The number of ether oxygens (including phenoxy) is 2. The number of H-pyrrole nitrogens is 1. The van der Waals surface area contributed by atoms with Gasteiger partial charge in [0.15, 0.2) is 6.61 Å². The predicted octanol–water partition coefficient (Wildman–Crippen LogP) is 3.33. The Morgan fingerprint density at radius 1 is 1.14 bits per heavy atom. The van der Waals surface area contributed by atoms with Crippen molar-refractivity contribution in [2.75, 3.05) is 6.61 Å². The van der Waals surface area contributed by atoms with Crippen molar-refractivity contribution in [2.45, 2.75) is 13.5 Å². The molecule has 0 saturated carbocycles. The number of nitrogens with one attached hydrogen (secondary N) is 1. The number of hydrogen-bond acceptors (Lipinski definition) is 7. The second kappa shape index (κ2) is 7.97. The van der Waals surface area contributed by atoms with Crippen molar-refractivity contribution >= 4 is 16.9 Å². The summed E-state index contributed by atoms with van der Waals surface area (Å²) in [4.78, 5) is 31.3. The molecule has 146 valence electrons. The Bertz CT molecular complexity index is 1230. The summed E-state index contributed by atoms with van der Waals surface area (Å²) in [6, 6.07) is 15.5. The standard InChI is InChI=1S/C21H17N3O5/c1-2-27-17-10-6-4-8-14(17)20-23-19(29-24-20)12-28-21(26)15-11-18(25)22-16-9-5-3-7-13(15)16/h3-11H,2,12H2,1H3,(H,22,25). The number of aromatic amines is 1. The molecule has 1 N–H and O–H groups in total. The first-order valence-corrected chi connectivity index (χ1v) is 8.99. The third kappa shape index (κ3) is 3.86. The molecule has 0 saturated heterocycles. The lowest BCUT2D eigenvalue weighted by atomic mass is 10.1. The van der Waals surface area contributed by atoms with Gasteiger partial charge < -0.3 is 19.0 Å². The molecule has 2 heterocycles. The normalized spacial score (nSPS) is 10.8. The molecule has 8 heteroatoms. The van der Waals surface area contributed by atoms with Crippen molar-refractivity contribution in [2.24, 2.45) is 0 Å². The highest BCUT2D eigenvalue weighted by molar-refractivity contribution is 6.03. The summed E-state index contributed by atoms with van der Waals surface area (Å²) in [5, 5.41) is 4.52. The van der Waals surface area contributed by atoms with Crippen LogP contribution in [0.4, 0.5) is 0 Å². The van der Waals surface area contributed by atoms with Gasteiger partial charge in [-0.3, -0.25) is 4.79 Å². The minimum absolute atomic E-state index is 0.133. The summed E-state index contributed by atoms with van der Waals surface area (Å²) in [6.07, 6.45) is 0. The molecule has 2 aromatic heterocycles. The van der Waals surface area contributed by atoms with Gasteiger partial charge in [-0.1, -0.05) is 35.5 Å². The Labute approximate surface area is 165 Å². The fourth-order valence-electron chi connectivity index (χ4n) is 2.93. The minimum atomic E-state index is -0.651. The quantitative estimate of drug-likeness (QED) is 0.502. The number of para-hydroxylation sites is 2. The highest BCUT2D eigenvalue weighted by Gasteiger charge is 2.17. The average Bonchev–Trinajstić information content (AvgIpc) is 3.21. The lowest BCUT2D eigenvalue weighted by Crippen LogP contribution is -2.13. The van der Waals surface area contributed by atoms with Crippen molar-refractivity contribution in [3.8, 4) is 17.1 Å². The van der Waals surface area contributed by atoms with E-state index in [2.05, 4.69) is 15.1 Å². The van der Waals surface area contributed by atoms with Crippen LogP contribution in [0.25, 0.3) is 22.3 Å². The van der Waals surface area contributed by atoms with Gasteiger partial charge in [-0.25, -0.2) is 4.79 Å². The molecule has 8 nitrogen and oxygen atoms in total. The van der Waals surface area contributed by atoms with E-state index in [9.17, 15) is 9.59 Å². The average molecular weight is 391 g/mol. The first-order valence-electron chi connectivity index (χ1n) is 8.99. The number of hydrogen-bond donors (Lipinski definition) is 1. The molecule has 0 atom stereocenters. The third-order valence-electron chi connectivity index (χ3n) is 4.19. The number of carbonyl (C=O) groups is 1. The Kier molecular flexibility index (Phi) is 5.07. The third-order valence-corrected chi connectivity index (χ3v) is 4.19. The van der Waals surface area contributed by atoms with Crippen LogP contribution in [0.15, 0.2) is 63.9 Å². The molecule has 29 heavy (non-hydrogen) atoms. The van der Waals surface area contributed by atoms with Gasteiger partial charge in [-0.05, 0) is 25.1 Å². The monoisotopic (exact) mass is 391 g/mol. The summed E-state index contributed by atoms with van der Waals surface area (Å²) in [5.41, 5.74) is 1.02. The van der Waals surface area contributed by atoms with E-state index in [4.69, 9.17) is 14.0 Å². The van der Waals surface area contributed by atoms with Crippen LogP contribution in [-0.2, 0) is 11.3 Å². The highest BCUT2D eigenvalue weighted by Crippen LogP contribution is 2.27. The van der Waals surface area contributed by atoms with Crippen LogP contribution in [0.3, 0.4) is 0 Å². The van der Waals surface area contributed by atoms with E-state index >= 15 is 0 Å². The van der Waals surface area contributed by atoms with Gasteiger partial charge in [0.1, 0.15) is 5.75 Å². The second-order valence-corrected chi connectivity index (χ2v) is 6.11. The van der Waals surface area contributed by atoms with Gasteiger partial charge in [-0.2, -0.15) is 4.98 Å². The van der Waals surface area contributed by atoms with E-state index in [0.29, 0.717) is 34.6 Å². The van der Waals surface area contributed by atoms with Crippen LogP contribution in [0.1, 0.15) is 23.2 Å². The number of pyridine rings is 1. The molecular formula is C21H17N3O5. The Morgan fingerprint density at radius 3 is 2.79 bits per heavy atom. The van der Waals surface area contributed by atoms with Crippen molar-refractivity contribution in [1.82, 2.24) is 15.1 Å². The molecule has 0 fully saturated rings. The van der Waals surface area contributed by atoms with E-state index in [-0.39, 0.29) is 23.6 Å². The SMILES string of the molecule is CCOc1ccccc1-c1noc(COC(=O)c2cc(=O)[nH]c3ccccc23)n1. The van der Waals surface area contributed by atoms with Crippen LogP contribution in [0, 0.1) is 0 Å². The predicted molar refractivity (Wildman–Crippen MR) is 105 cm³/mol. The molecule has 0 amide bonds. The lowest BCUT2D eigenvalue weighted by Gasteiger charge is -2.06. The van der Waals surface area contributed by atoms with E-state index in [1.54, 1.807) is 24.3 Å². The van der Waals surface area contributed by atoms with Gasteiger partial charge in [-0.15, -0.1) is 0 Å². The molecule has 2 aromatic carbocycles. The van der Waals surface area contributed by atoms with Crippen LogP contribution in [0.5, 0.6) is 5.75 Å². The summed E-state index contributed by atoms with van der Waals surface area (Å²) >= 11 is 0. The zero-order valence-electron chi connectivity index (χ0n) is 15.5. The maximum Gasteiger partial charge on any atom is 0.339 e. The second-order valence-electron chi connectivity index (χ2n) is 6.11. The maximum absolute atomic E-state index is 12.5. The number of esters is 1. The summed E-state index contributed by atoms with van der Waals surface area (Å²) in [7, 11) is 0. The van der Waals surface area contributed by atoms with Gasteiger partial charge in [0.05, 0.1) is 17.7 Å². The number of carbonyl (C=O) groups excluding carboxylic acids is 1. The van der Waals surface area contributed by atoms with E-state index in [0.717, 1.165) is 0 Å². The summed E-state index contributed by atoms with van der Waals surface area (Å²) in [5.74, 6) is 0.451. The van der Waals surface area contributed by atoms with Crippen molar-refractivity contribution in [3.63, 3.8) is 0 Å². The first-order chi connectivity index (χ1) is 14.2. The fourth-order valence-corrected chi connectivity index (χ4v) is 2.93. The molecule has 0 aliphatic carbocycles. The van der Waals surface area contributed by atoms with Crippen LogP contribution in [0.2, 0.25) is 0 Å². The van der Waals surface area contributed by atoms with E-state index in [1.807, 2.05) is 31.2 Å². The van der Waals surface area contributed by atoms with Crippen LogP contribution < -0.4 is 10.3 Å². The smallest absolute Gasteiger partial charge is 0.339 e. The van der Waals surface area contributed by atoms with Crippen molar-refractivity contribution in [3.05, 3.63) is 76.4 Å². The number of nitrogens with zero attached hydrogens (tertiary/aromatic N) is 2. The van der Waals surface area contributed by atoms with Crippen molar-refractivity contribution in [1.29, 1.82) is 0 Å². The molecule has 0 aliphatic rings.